The summed E-state index contributed by atoms with van der Waals surface area (Å²) in [5.41, 5.74) is 5.65. The third kappa shape index (κ3) is 3.36. The minimum atomic E-state index is 0.575. The largest absolute Gasteiger partial charge is 0.388 e. The molecule has 1 fully saturated rings. The van der Waals surface area contributed by atoms with E-state index in [0.29, 0.717) is 17.6 Å². The summed E-state index contributed by atoms with van der Waals surface area (Å²) in [5, 5.41) is 7.34. The van der Waals surface area contributed by atoms with E-state index >= 15 is 0 Å². The fourth-order valence-electron chi connectivity index (χ4n) is 3.88. The van der Waals surface area contributed by atoms with Gasteiger partial charge in [-0.15, -0.1) is 0 Å². The Morgan fingerprint density at radius 1 is 0.962 bits per heavy atom. The van der Waals surface area contributed by atoms with E-state index in [9.17, 15) is 0 Å². The van der Waals surface area contributed by atoms with E-state index in [1.807, 2.05) is 19.2 Å². The molecule has 0 saturated heterocycles. The Morgan fingerprint density at radius 2 is 1.69 bits per heavy atom. The Hall–Kier alpha value is -2.62. The minimum absolute atomic E-state index is 0.575. The molecule has 0 amide bonds. The van der Waals surface area contributed by atoms with Crippen LogP contribution in [0.4, 0.5) is 5.69 Å². The number of rotatable bonds is 4. The first kappa shape index (κ1) is 16.8. The van der Waals surface area contributed by atoms with Crippen LogP contribution in [-0.2, 0) is 0 Å². The van der Waals surface area contributed by atoms with Crippen molar-refractivity contribution in [1.82, 2.24) is 10.1 Å². The molecular formula is C22H25N3O. The molecule has 4 rings (SSSR count). The van der Waals surface area contributed by atoms with Crippen molar-refractivity contribution in [3.63, 3.8) is 0 Å². The summed E-state index contributed by atoms with van der Waals surface area (Å²) in [6.45, 7) is 2.07. The lowest BCUT2D eigenvalue weighted by Crippen LogP contribution is -2.04. The monoisotopic (exact) mass is 347 g/mol. The number of benzene rings is 2. The number of nitrogens with zero attached hydrogens (tertiary/aromatic N) is 2. The zero-order chi connectivity index (χ0) is 17.9. The molecule has 0 radical (unpaired) electrons. The van der Waals surface area contributed by atoms with Crippen LogP contribution < -0.4 is 5.32 Å². The topological polar surface area (TPSA) is 51.0 Å². The van der Waals surface area contributed by atoms with Gasteiger partial charge in [0.2, 0.25) is 5.82 Å². The van der Waals surface area contributed by atoms with Gasteiger partial charge in [0.15, 0.2) is 0 Å². The highest BCUT2D eigenvalue weighted by Gasteiger charge is 2.16. The second kappa shape index (κ2) is 7.32. The van der Waals surface area contributed by atoms with E-state index in [1.165, 1.54) is 37.7 Å². The van der Waals surface area contributed by atoms with Gasteiger partial charge in [-0.1, -0.05) is 36.6 Å². The fourth-order valence-corrected chi connectivity index (χ4v) is 3.88. The van der Waals surface area contributed by atoms with E-state index < -0.39 is 0 Å². The molecule has 0 spiro atoms. The van der Waals surface area contributed by atoms with Gasteiger partial charge >= 0.3 is 0 Å². The molecule has 1 aromatic heterocycles. The lowest BCUT2D eigenvalue weighted by Gasteiger charge is -2.21. The molecule has 0 atom stereocenters. The van der Waals surface area contributed by atoms with E-state index in [1.54, 1.807) is 0 Å². The maximum atomic E-state index is 5.51. The zero-order valence-corrected chi connectivity index (χ0v) is 15.5. The molecule has 0 bridgehead atoms. The third-order valence-electron chi connectivity index (χ3n) is 5.41. The van der Waals surface area contributed by atoms with E-state index in [-0.39, 0.29) is 0 Å². The number of nitrogens with one attached hydrogen (secondary N) is 1. The Balaban J connectivity index is 1.55. The first-order chi connectivity index (χ1) is 12.7. The molecule has 1 heterocycles. The molecule has 0 aliphatic heterocycles. The summed E-state index contributed by atoms with van der Waals surface area (Å²) in [6, 6.07) is 14.8. The minimum Gasteiger partial charge on any atom is -0.388 e. The van der Waals surface area contributed by atoms with Crippen molar-refractivity contribution in [1.29, 1.82) is 0 Å². The van der Waals surface area contributed by atoms with Gasteiger partial charge in [-0.3, -0.25) is 0 Å². The number of anilines is 1. The predicted octanol–water partition coefficient (Wildman–Crippen LogP) is 5.80. The summed E-state index contributed by atoms with van der Waals surface area (Å²) in [6.07, 6.45) is 6.71. The van der Waals surface area contributed by atoms with Crippen molar-refractivity contribution in [3.05, 3.63) is 53.6 Å². The van der Waals surface area contributed by atoms with Gasteiger partial charge in [0, 0.05) is 23.9 Å². The van der Waals surface area contributed by atoms with Crippen LogP contribution in [0.25, 0.3) is 22.8 Å². The van der Waals surface area contributed by atoms with Gasteiger partial charge in [-0.2, -0.15) is 4.98 Å². The SMILES string of the molecule is CNc1ccc(-c2noc(-c3ccc(C4CCCCC4)cc3)n2)cc1C. The Bertz CT molecular complexity index is 877. The molecule has 26 heavy (non-hydrogen) atoms. The molecule has 4 nitrogen and oxygen atoms in total. The van der Waals surface area contributed by atoms with Gasteiger partial charge in [-0.25, -0.2) is 0 Å². The summed E-state index contributed by atoms with van der Waals surface area (Å²) in [7, 11) is 1.92. The van der Waals surface area contributed by atoms with Crippen molar-refractivity contribution >= 4 is 5.69 Å². The number of hydrogen-bond acceptors (Lipinski definition) is 4. The number of aryl methyl sites for hydroxylation is 1. The van der Waals surface area contributed by atoms with Crippen molar-refractivity contribution in [3.8, 4) is 22.8 Å². The predicted molar refractivity (Wildman–Crippen MR) is 105 cm³/mol. The van der Waals surface area contributed by atoms with Crippen LogP contribution >= 0.6 is 0 Å². The third-order valence-corrected chi connectivity index (χ3v) is 5.41. The van der Waals surface area contributed by atoms with Gasteiger partial charge in [-0.05, 0) is 67.1 Å². The van der Waals surface area contributed by atoms with Crippen molar-refractivity contribution in [2.24, 2.45) is 0 Å². The average molecular weight is 347 g/mol. The van der Waals surface area contributed by atoms with Crippen LogP contribution in [0.2, 0.25) is 0 Å². The summed E-state index contributed by atoms with van der Waals surface area (Å²) >= 11 is 0. The molecule has 134 valence electrons. The van der Waals surface area contributed by atoms with Gasteiger partial charge < -0.3 is 9.84 Å². The Kier molecular flexibility index (Phi) is 4.74. The lowest BCUT2D eigenvalue weighted by molar-refractivity contribution is 0.432. The molecular weight excluding hydrogens is 322 g/mol. The molecule has 1 aliphatic rings. The normalized spacial score (nSPS) is 15.2. The number of hydrogen-bond donors (Lipinski definition) is 1. The van der Waals surface area contributed by atoms with Crippen molar-refractivity contribution in [2.75, 3.05) is 12.4 Å². The molecule has 3 aromatic rings. The van der Waals surface area contributed by atoms with Crippen LogP contribution in [-0.4, -0.2) is 17.2 Å². The molecule has 4 heteroatoms. The van der Waals surface area contributed by atoms with Crippen molar-refractivity contribution in [2.45, 2.75) is 44.9 Å². The van der Waals surface area contributed by atoms with E-state index in [2.05, 4.69) is 52.7 Å². The number of aromatic nitrogens is 2. The van der Waals surface area contributed by atoms with Crippen LogP contribution in [0.15, 0.2) is 47.0 Å². The van der Waals surface area contributed by atoms with Crippen LogP contribution in [0.1, 0.15) is 49.1 Å². The maximum Gasteiger partial charge on any atom is 0.258 e. The first-order valence-corrected chi connectivity index (χ1v) is 9.47. The van der Waals surface area contributed by atoms with Crippen LogP contribution in [0.3, 0.4) is 0 Å². The highest BCUT2D eigenvalue weighted by atomic mass is 16.5. The maximum absolute atomic E-state index is 5.51. The van der Waals surface area contributed by atoms with E-state index in [0.717, 1.165) is 22.4 Å². The highest BCUT2D eigenvalue weighted by Crippen LogP contribution is 2.33. The lowest BCUT2D eigenvalue weighted by atomic mass is 9.84. The highest BCUT2D eigenvalue weighted by molar-refractivity contribution is 5.65. The second-order valence-corrected chi connectivity index (χ2v) is 7.16. The Morgan fingerprint density at radius 3 is 2.38 bits per heavy atom. The molecule has 1 aliphatic carbocycles. The van der Waals surface area contributed by atoms with Crippen molar-refractivity contribution < 1.29 is 4.52 Å². The van der Waals surface area contributed by atoms with Gasteiger partial charge in [0.05, 0.1) is 0 Å². The van der Waals surface area contributed by atoms with Gasteiger partial charge in [0.1, 0.15) is 0 Å². The second-order valence-electron chi connectivity index (χ2n) is 7.16. The quantitative estimate of drug-likeness (QED) is 0.648. The summed E-state index contributed by atoms with van der Waals surface area (Å²) in [5.74, 6) is 1.91. The fraction of sp³-hybridized carbons (Fsp3) is 0.364. The standard InChI is InChI=1S/C22H25N3O/c1-15-14-19(12-13-20(15)23-2)21-24-22(26-25-21)18-10-8-17(9-11-18)16-6-4-3-5-7-16/h8-14,16,23H,3-7H2,1-2H3. The summed E-state index contributed by atoms with van der Waals surface area (Å²) in [4.78, 5) is 4.59. The Labute approximate surface area is 154 Å². The molecule has 2 aromatic carbocycles. The molecule has 0 unspecified atom stereocenters. The molecule has 1 saturated carbocycles. The van der Waals surface area contributed by atoms with Gasteiger partial charge in [0.25, 0.3) is 5.89 Å². The first-order valence-electron chi connectivity index (χ1n) is 9.47. The van der Waals surface area contributed by atoms with Crippen LogP contribution in [0.5, 0.6) is 0 Å². The average Bonchev–Trinajstić information content (AvgIpc) is 3.19. The van der Waals surface area contributed by atoms with E-state index in [4.69, 9.17) is 4.52 Å². The smallest absolute Gasteiger partial charge is 0.258 e. The van der Waals surface area contributed by atoms with Crippen LogP contribution in [0, 0.1) is 6.92 Å². The summed E-state index contributed by atoms with van der Waals surface area (Å²) < 4.78 is 5.51. The zero-order valence-electron chi connectivity index (χ0n) is 15.5. The molecule has 1 N–H and O–H groups in total.